The number of likely N-dealkylation sites (tertiary alicyclic amines) is 1. The molecule has 2 aromatic rings. The molecule has 2 aromatic carbocycles. The average molecular weight is 410 g/mol. The van der Waals surface area contributed by atoms with Crippen molar-refractivity contribution >= 4 is 35.0 Å². The third-order valence-corrected chi connectivity index (χ3v) is 6.72. The third kappa shape index (κ3) is 4.42. The zero-order valence-corrected chi connectivity index (χ0v) is 17.6. The average Bonchev–Trinajstić information content (AvgIpc) is 3.42. The van der Waals surface area contributed by atoms with Crippen LogP contribution in [0.2, 0.25) is 0 Å². The van der Waals surface area contributed by atoms with Crippen molar-refractivity contribution in [1.29, 1.82) is 0 Å². The monoisotopic (exact) mass is 409 g/mol. The number of nitrogens with one attached hydrogen (secondary N) is 1. The lowest BCUT2D eigenvalue weighted by Crippen LogP contribution is -2.29. The standard InChI is InChI=1S/C23H27N3O2S/c1-2-25-14-11-17-9-10-18(15-20(17)25)24-23(28)19-7-3-4-8-21(19)29-16-22(27)26-12-5-6-13-26/h3-4,7-10,15H,2,5-6,11-14,16H2,1H3,(H,24,28). The summed E-state index contributed by atoms with van der Waals surface area (Å²) in [6.45, 7) is 5.86. The fourth-order valence-electron chi connectivity index (χ4n) is 4.03. The third-order valence-electron chi connectivity index (χ3n) is 5.66. The van der Waals surface area contributed by atoms with Crippen molar-refractivity contribution in [2.24, 2.45) is 0 Å². The first kappa shape index (κ1) is 19.8. The van der Waals surface area contributed by atoms with Gasteiger partial charge in [-0.2, -0.15) is 0 Å². The van der Waals surface area contributed by atoms with Crippen molar-refractivity contribution < 1.29 is 9.59 Å². The topological polar surface area (TPSA) is 52.7 Å². The van der Waals surface area contributed by atoms with Gasteiger partial charge in [0.15, 0.2) is 0 Å². The van der Waals surface area contributed by atoms with E-state index in [0.717, 1.165) is 56.0 Å². The Labute approximate surface area is 176 Å². The van der Waals surface area contributed by atoms with Gasteiger partial charge < -0.3 is 15.1 Å². The molecule has 2 amide bonds. The summed E-state index contributed by atoms with van der Waals surface area (Å²) in [6.07, 6.45) is 3.24. The molecule has 0 unspecified atom stereocenters. The Morgan fingerprint density at radius 1 is 1.07 bits per heavy atom. The van der Waals surface area contributed by atoms with Crippen LogP contribution in [0.3, 0.4) is 0 Å². The molecule has 2 aliphatic rings. The van der Waals surface area contributed by atoms with Crippen LogP contribution < -0.4 is 10.2 Å². The van der Waals surface area contributed by atoms with Crippen LogP contribution >= 0.6 is 11.8 Å². The largest absolute Gasteiger partial charge is 0.371 e. The summed E-state index contributed by atoms with van der Waals surface area (Å²) >= 11 is 1.44. The molecule has 5 nitrogen and oxygen atoms in total. The summed E-state index contributed by atoms with van der Waals surface area (Å²) in [6, 6.07) is 13.7. The van der Waals surface area contributed by atoms with Gasteiger partial charge in [-0.1, -0.05) is 18.2 Å². The molecule has 0 atom stereocenters. The van der Waals surface area contributed by atoms with Gasteiger partial charge in [0.05, 0.1) is 11.3 Å². The molecule has 2 aliphatic heterocycles. The van der Waals surface area contributed by atoms with Gasteiger partial charge in [0.2, 0.25) is 5.91 Å². The minimum atomic E-state index is -0.136. The van der Waals surface area contributed by atoms with Gasteiger partial charge in [-0.25, -0.2) is 0 Å². The van der Waals surface area contributed by atoms with E-state index in [2.05, 4.69) is 29.3 Å². The molecule has 0 radical (unpaired) electrons. The summed E-state index contributed by atoms with van der Waals surface area (Å²) in [5.74, 6) is 0.387. The number of amides is 2. The summed E-state index contributed by atoms with van der Waals surface area (Å²) in [7, 11) is 0. The number of fused-ring (bicyclic) bond motifs is 1. The van der Waals surface area contributed by atoms with Crippen LogP contribution in [0, 0.1) is 0 Å². The highest BCUT2D eigenvalue weighted by Crippen LogP contribution is 2.31. The molecular formula is C23H27N3O2S. The number of thioether (sulfide) groups is 1. The van der Waals surface area contributed by atoms with E-state index in [1.54, 1.807) is 0 Å². The first-order valence-electron chi connectivity index (χ1n) is 10.3. The molecule has 0 spiro atoms. The Balaban J connectivity index is 1.45. The lowest BCUT2D eigenvalue weighted by molar-refractivity contribution is -0.127. The molecular weight excluding hydrogens is 382 g/mol. The Bertz CT molecular complexity index is 909. The highest BCUT2D eigenvalue weighted by molar-refractivity contribution is 8.00. The predicted octanol–water partition coefficient (Wildman–Crippen LogP) is 4.04. The number of hydrogen-bond acceptors (Lipinski definition) is 4. The summed E-state index contributed by atoms with van der Waals surface area (Å²) in [4.78, 5) is 30.4. The fraction of sp³-hybridized carbons (Fsp3) is 0.391. The number of benzene rings is 2. The van der Waals surface area contributed by atoms with E-state index in [0.29, 0.717) is 11.3 Å². The van der Waals surface area contributed by atoms with Crippen molar-refractivity contribution in [3.05, 3.63) is 53.6 Å². The lowest BCUT2D eigenvalue weighted by Gasteiger charge is -2.18. The van der Waals surface area contributed by atoms with Crippen LogP contribution in [0.25, 0.3) is 0 Å². The molecule has 6 heteroatoms. The van der Waals surface area contributed by atoms with Gasteiger partial charge in [-0.3, -0.25) is 9.59 Å². The summed E-state index contributed by atoms with van der Waals surface area (Å²) < 4.78 is 0. The normalized spacial score (nSPS) is 15.5. The minimum absolute atomic E-state index is 0.136. The zero-order chi connectivity index (χ0) is 20.2. The van der Waals surface area contributed by atoms with E-state index in [1.807, 2.05) is 35.2 Å². The number of nitrogens with zero attached hydrogens (tertiary/aromatic N) is 2. The predicted molar refractivity (Wildman–Crippen MR) is 119 cm³/mol. The van der Waals surface area contributed by atoms with Crippen LogP contribution in [0.1, 0.15) is 35.7 Å². The molecule has 152 valence electrons. The molecule has 1 saturated heterocycles. The maximum atomic E-state index is 13.0. The summed E-state index contributed by atoms with van der Waals surface area (Å²) in [5, 5.41) is 3.04. The van der Waals surface area contributed by atoms with Crippen molar-refractivity contribution in [1.82, 2.24) is 4.90 Å². The molecule has 1 fully saturated rings. The molecule has 0 aromatic heterocycles. The molecule has 0 bridgehead atoms. The Morgan fingerprint density at radius 2 is 1.86 bits per heavy atom. The van der Waals surface area contributed by atoms with Crippen molar-refractivity contribution in [3.8, 4) is 0 Å². The number of rotatable bonds is 6. The van der Waals surface area contributed by atoms with Gasteiger partial charge in [-0.15, -0.1) is 11.8 Å². The maximum absolute atomic E-state index is 13.0. The van der Waals surface area contributed by atoms with Gasteiger partial charge in [0.1, 0.15) is 0 Å². The van der Waals surface area contributed by atoms with Crippen LogP contribution in [0.4, 0.5) is 11.4 Å². The quantitative estimate of drug-likeness (QED) is 0.732. The molecule has 0 aliphatic carbocycles. The Hall–Kier alpha value is -2.47. The first-order chi connectivity index (χ1) is 14.2. The van der Waals surface area contributed by atoms with E-state index in [9.17, 15) is 9.59 Å². The van der Waals surface area contributed by atoms with E-state index in [4.69, 9.17) is 0 Å². The highest BCUT2D eigenvalue weighted by Gasteiger charge is 2.21. The highest BCUT2D eigenvalue weighted by atomic mass is 32.2. The fourth-order valence-corrected chi connectivity index (χ4v) is 4.98. The van der Waals surface area contributed by atoms with Crippen LogP contribution in [-0.2, 0) is 11.2 Å². The zero-order valence-electron chi connectivity index (χ0n) is 16.8. The maximum Gasteiger partial charge on any atom is 0.256 e. The van der Waals surface area contributed by atoms with Crippen molar-refractivity contribution in [2.75, 3.05) is 42.1 Å². The smallest absolute Gasteiger partial charge is 0.256 e. The molecule has 1 N–H and O–H groups in total. The van der Waals surface area contributed by atoms with Crippen molar-refractivity contribution in [3.63, 3.8) is 0 Å². The minimum Gasteiger partial charge on any atom is -0.371 e. The molecule has 2 heterocycles. The summed E-state index contributed by atoms with van der Waals surface area (Å²) in [5.41, 5.74) is 3.96. The Kier molecular flexibility index (Phi) is 6.09. The van der Waals surface area contributed by atoms with E-state index in [-0.39, 0.29) is 11.8 Å². The van der Waals surface area contributed by atoms with Gasteiger partial charge >= 0.3 is 0 Å². The number of anilines is 2. The molecule has 4 rings (SSSR count). The van der Waals surface area contributed by atoms with Crippen LogP contribution in [0.5, 0.6) is 0 Å². The first-order valence-corrected chi connectivity index (χ1v) is 11.3. The van der Waals surface area contributed by atoms with Gasteiger partial charge in [0.25, 0.3) is 5.91 Å². The van der Waals surface area contributed by atoms with Crippen LogP contribution in [-0.4, -0.2) is 48.6 Å². The second kappa shape index (κ2) is 8.91. The van der Waals surface area contributed by atoms with Gasteiger partial charge in [-0.05, 0) is 56.0 Å². The second-order valence-corrected chi connectivity index (χ2v) is 8.52. The van der Waals surface area contributed by atoms with E-state index >= 15 is 0 Å². The lowest BCUT2D eigenvalue weighted by atomic mass is 10.1. The van der Waals surface area contributed by atoms with Gasteiger partial charge in [0, 0.05) is 42.4 Å². The van der Waals surface area contributed by atoms with Crippen molar-refractivity contribution in [2.45, 2.75) is 31.1 Å². The van der Waals surface area contributed by atoms with E-state index < -0.39 is 0 Å². The van der Waals surface area contributed by atoms with E-state index in [1.165, 1.54) is 23.0 Å². The second-order valence-electron chi connectivity index (χ2n) is 7.50. The number of likely N-dealkylation sites (N-methyl/N-ethyl adjacent to an activating group) is 1. The number of carbonyl (C=O) groups excluding carboxylic acids is 2. The number of hydrogen-bond donors (Lipinski definition) is 1. The SMILES string of the molecule is CCN1CCc2ccc(NC(=O)c3ccccc3SCC(=O)N3CCCC3)cc21. The Morgan fingerprint density at radius 3 is 2.66 bits per heavy atom. The van der Waals surface area contributed by atoms with Crippen LogP contribution in [0.15, 0.2) is 47.4 Å². The molecule has 29 heavy (non-hydrogen) atoms. The molecule has 0 saturated carbocycles. The number of carbonyl (C=O) groups is 2.